The lowest BCUT2D eigenvalue weighted by Crippen LogP contribution is -2.33. The Morgan fingerprint density at radius 1 is 1.00 bits per heavy atom. The van der Waals surface area contributed by atoms with Gasteiger partial charge in [-0.05, 0) is 93.9 Å². The highest BCUT2D eigenvalue weighted by Crippen LogP contribution is 2.36. The van der Waals surface area contributed by atoms with Gasteiger partial charge in [0.1, 0.15) is 17.2 Å². The molecule has 1 saturated carbocycles. The van der Waals surface area contributed by atoms with Gasteiger partial charge in [0.25, 0.3) is 0 Å². The Balaban J connectivity index is 1.42. The standard InChI is InChI=1S/C34H38N6O3/c1-23-20-27(38(5)31(41)12-9-19-37(4)25-13-14-25)22-28(21-23)40-33(36-3)32(24(2)35)39(34(40)42)26-15-17-30(18-16-26)43-29-10-7-6-8-11-29/h6-12,15-18,20-22,25H,13-14,19,35H2,1-5H3/b12-9+,32-24-,36-33+. The topological polar surface area (TPSA) is 94.7 Å². The number of nitrogens with two attached hydrogens (primary N) is 1. The smallest absolute Gasteiger partial charge is 0.339 e. The van der Waals surface area contributed by atoms with Crippen LogP contribution in [0.2, 0.25) is 0 Å². The summed E-state index contributed by atoms with van der Waals surface area (Å²) in [4.78, 5) is 38.6. The molecule has 3 aromatic rings. The molecule has 5 rings (SSSR count). The molecule has 3 aromatic carbocycles. The SMILES string of the molecule is C/N=C1\C(=C(/C)N)N(c2ccc(Oc3ccccc3)cc2)C(=O)N1c1cc(C)cc(N(C)C(=O)/C=C/CN(C)C2CC2)c1. The summed E-state index contributed by atoms with van der Waals surface area (Å²) in [5.74, 6) is 1.64. The monoisotopic (exact) mass is 578 g/mol. The van der Waals surface area contributed by atoms with Gasteiger partial charge in [0.15, 0.2) is 5.84 Å². The van der Waals surface area contributed by atoms with Crippen molar-refractivity contribution in [1.82, 2.24) is 4.90 Å². The van der Waals surface area contributed by atoms with E-state index in [-0.39, 0.29) is 11.9 Å². The second kappa shape index (κ2) is 12.5. The average Bonchev–Trinajstić information content (AvgIpc) is 3.80. The molecule has 0 bridgehead atoms. The fourth-order valence-corrected chi connectivity index (χ4v) is 5.10. The van der Waals surface area contributed by atoms with E-state index < -0.39 is 0 Å². The highest BCUT2D eigenvalue weighted by atomic mass is 16.5. The van der Waals surface area contributed by atoms with Crippen LogP contribution in [-0.4, -0.2) is 56.4 Å². The summed E-state index contributed by atoms with van der Waals surface area (Å²) in [6, 6.07) is 22.7. The first-order valence-corrected chi connectivity index (χ1v) is 14.3. The molecule has 3 amide bonds. The lowest BCUT2D eigenvalue weighted by atomic mass is 10.1. The molecule has 2 N–H and O–H groups in total. The van der Waals surface area contributed by atoms with Gasteiger partial charge in [-0.3, -0.25) is 19.6 Å². The van der Waals surface area contributed by atoms with Crippen molar-refractivity contribution in [2.24, 2.45) is 10.7 Å². The fraction of sp³-hybridized carbons (Fsp3) is 0.265. The Labute approximate surface area is 253 Å². The maximum Gasteiger partial charge on any atom is 0.339 e. The second-order valence-electron chi connectivity index (χ2n) is 10.9. The lowest BCUT2D eigenvalue weighted by molar-refractivity contribution is -0.113. The predicted molar refractivity (Wildman–Crippen MR) is 173 cm³/mol. The molecule has 0 atom stereocenters. The highest BCUT2D eigenvalue weighted by Gasteiger charge is 2.42. The number of amides is 3. The third-order valence-corrected chi connectivity index (χ3v) is 7.54. The Hall–Kier alpha value is -4.89. The van der Waals surface area contributed by atoms with E-state index in [1.54, 1.807) is 36.9 Å². The van der Waals surface area contributed by atoms with Gasteiger partial charge in [0.2, 0.25) is 5.91 Å². The molecule has 0 spiro atoms. The molecule has 43 heavy (non-hydrogen) atoms. The number of amidine groups is 1. The van der Waals surface area contributed by atoms with E-state index in [4.69, 9.17) is 10.5 Å². The van der Waals surface area contributed by atoms with Crippen molar-refractivity contribution in [2.45, 2.75) is 32.7 Å². The van der Waals surface area contributed by atoms with E-state index in [0.717, 1.165) is 17.9 Å². The van der Waals surface area contributed by atoms with Crippen LogP contribution in [0.15, 0.2) is 101 Å². The minimum atomic E-state index is -0.328. The maximum absolute atomic E-state index is 14.1. The van der Waals surface area contributed by atoms with Crippen molar-refractivity contribution in [2.75, 3.05) is 42.4 Å². The van der Waals surface area contributed by atoms with E-state index >= 15 is 0 Å². The zero-order chi connectivity index (χ0) is 30.7. The van der Waals surface area contributed by atoms with Crippen molar-refractivity contribution in [3.63, 3.8) is 0 Å². The predicted octanol–water partition coefficient (Wildman–Crippen LogP) is 6.07. The maximum atomic E-state index is 14.1. The number of rotatable bonds is 9. The van der Waals surface area contributed by atoms with Crippen LogP contribution in [-0.2, 0) is 4.79 Å². The summed E-state index contributed by atoms with van der Waals surface area (Å²) in [6.07, 6.45) is 5.93. The van der Waals surface area contributed by atoms with Gasteiger partial charge in [-0.25, -0.2) is 9.69 Å². The fourth-order valence-electron chi connectivity index (χ4n) is 5.10. The first kappa shape index (κ1) is 29.6. The number of aliphatic imine (C=N–C) groups is 1. The van der Waals surface area contributed by atoms with Gasteiger partial charge in [0.05, 0.1) is 11.4 Å². The molecule has 1 saturated heterocycles. The molecule has 222 valence electrons. The molecule has 1 heterocycles. The van der Waals surface area contributed by atoms with Crippen LogP contribution in [0.5, 0.6) is 11.5 Å². The van der Waals surface area contributed by atoms with Crippen LogP contribution in [0.4, 0.5) is 21.9 Å². The number of carbonyl (C=O) groups is 2. The number of aryl methyl sites for hydroxylation is 1. The van der Waals surface area contributed by atoms with Gasteiger partial charge in [-0.2, -0.15) is 0 Å². The van der Waals surface area contributed by atoms with Crippen molar-refractivity contribution in [1.29, 1.82) is 0 Å². The summed E-state index contributed by atoms with van der Waals surface area (Å²) in [7, 11) is 5.44. The normalized spacial score (nSPS) is 17.3. The van der Waals surface area contributed by atoms with Gasteiger partial charge in [0, 0.05) is 44.1 Å². The molecular formula is C34H38N6O3. The third-order valence-electron chi connectivity index (χ3n) is 7.54. The molecule has 9 heteroatoms. The third kappa shape index (κ3) is 6.47. The van der Waals surface area contributed by atoms with E-state index in [2.05, 4.69) is 16.9 Å². The molecule has 0 unspecified atom stereocenters. The molecule has 1 aliphatic carbocycles. The van der Waals surface area contributed by atoms with E-state index in [9.17, 15) is 9.59 Å². The number of anilines is 3. The molecule has 2 fully saturated rings. The number of urea groups is 1. The van der Waals surface area contributed by atoms with Crippen molar-refractivity contribution in [3.8, 4) is 11.5 Å². The molecule has 9 nitrogen and oxygen atoms in total. The van der Waals surface area contributed by atoms with E-state index in [1.807, 2.05) is 85.8 Å². The first-order valence-electron chi connectivity index (χ1n) is 14.3. The highest BCUT2D eigenvalue weighted by molar-refractivity contribution is 6.36. The Kier molecular flexibility index (Phi) is 8.63. The van der Waals surface area contributed by atoms with Crippen LogP contribution in [0.25, 0.3) is 0 Å². The number of likely N-dealkylation sites (N-methyl/N-ethyl adjacent to an activating group) is 2. The first-order chi connectivity index (χ1) is 20.7. The quantitative estimate of drug-likeness (QED) is 0.311. The Morgan fingerprint density at radius 2 is 1.67 bits per heavy atom. The average molecular weight is 579 g/mol. The number of benzene rings is 3. The summed E-state index contributed by atoms with van der Waals surface area (Å²) in [5.41, 5.74) is 10.1. The number of ether oxygens (including phenoxy) is 1. The molecule has 1 aliphatic heterocycles. The van der Waals surface area contributed by atoms with Gasteiger partial charge >= 0.3 is 6.03 Å². The van der Waals surface area contributed by atoms with Crippen molar-refractivity contribution in [3.05, 3.63) is 102 Å². The second-order valence-corrected chi connectivity index (χ2v) is 10.9. The summed E-state index contributed by atoms with van der Waals surface area (Å²) in [6.45, 7) is 4.41. The molecular weight excluding hydrogens is 540 g/mol. The van der Waals surface area contributed by atoms with Crippen LogP contribution in [0, 0.1) is 6.92 Å². The minimum Gasteiger partial charge on any atom is -0.457 e. The Morgan fingerprint density at radius 3 is 2.30 bits per heavy atom. The van der Waals surface area contributed by atoms with E-state index in [1.165, 1.54) is 17.7 Å². The van der Waals surface area contributed by atoms with Gasteiger partial charge in [-0.15, -0.1) is 0 Å². The van der Waals surface area contributed by atoms with Gasteiger partial charge in [-0.1, -0.05) is 24.3 Å². The largest absolute Gasteiger partial charge is 0.457 e. The Bertz CT molecular complexity index is 1590. The summed E-state index contributed by atoms with van der Waals surface area (Å²) in [5, 5.41) is 0. The van der Waals surface area contributed by atoms with Crippen molar-refractivity contribution >= 4 is 34.8 Å². The minimum absolute atomic E-state index is 0.143. The van der Waals surface area contributed by atoms with Crippen LogP contribution < -0.4 is 25.2 Å². The van der Waals surface area contributed by atoms with Crippen LogP contribution >= 0.6 is 0 Å². The summed E-state index contributed by atoms with van der Waals surface area (Å²) < 4.78 is 5.93. The number of hydrogen-bond donors (Lipinski definition) is 1. The number of para-hydroxylation sites is 1. The van der Waals surface area contributed by atoms with Crippen molar-refractivity contribution < 1.29 is 14.3 Å². The molecule has 0 aromatic heterocycles. The summed E-state index contributed by atoms with van der Waals surface area (Å²) >= 11 is 0. The van der Waals surface area contributed by atoms with Crippen LogP contribution in [0.1, 0.15) is 25.3 Å². The zero-order valence-electron chi connectivity index (χ0n) is 25.3. The number of nitrogens with zero attached hydrogens (tertiary/aromatic N) is 5. The number of hydrogen-bond acceptors (Lipinski definition) is 6. The molecule has 2 aliphatic rings. The lowest BCUT2D eigenvalue weighted by Gasteiger charge is -2.22. The van der Waals surface area contributed by atoms with Crippen LogP contribution in [0.3, 0.4) is 0 Å². The molecule has 0 radical (unpaired) electrons. The number of allylic oxidation sites excluding steroid dienone is 1. The zero-order valence-corrected chi connectivity index (χ0v) is 25.3. The van der Waals surface area contributed by atoms with Gasteiger partial charge < -0.3 is 15.4 Å². The number of carbonyl (C=O) groups excluding carboxylic acids is 2. The van der Waals surface area contributed by atoms with E-state index in [0.29, 0.717) is 46.1 Å².